The fraction of sp³-hybridized carbons (Fsp3) is 0.500. The molecule has 0 unspecified atom stereocenters. The second-order valence-corrected chi connectivity index (χ2v) is 17.1. The van der Waals surface area contributed by atoms with Gasteiger partial charge < -0.3 is 24.8 Å². The molecular weight excluding hydrogens is 770 g/mol. The lowest BCUT2D eigenvalue weighted by atomic mass is 9.85. The largest absolute Gasteiger partial charge is 0.494 e. The standard InChI is InChI=1S/C44H54ClN9O5/c1-28-5-4-6-36(46-28)42(56)47-38-23-31-27-54(49-37(31)25-40(38)59-3)34-10-7-29(8-11-34)26-50(2)32-13-18-51(19-14-32)33-15-20-52(21-16-33)43(57)30-9-12-35(45)39(24-30)53-22-17-41(55)48-44(53)58/h4-6,9,12,23-25,27,29,32-34H,7-8,10-11,13-22,26H2,1-3H3,(H,47,56)(H,48,55,58)/t29-,34-. The van der Waals surface area contributed by atoms with E-state index in [1.807, 2.05) is 36.1 Å². The van der Waals surface area contributed by atoms with Crippen LogP contribution in [0.1, 0.15) is 90.4 Å². The van der Waals surface area contributed by atoms with Crippen molar-refractivity contribution in [3.63, 3.8) is 0 Å². The van der Waals surface area contributed by atoms with Gasteiger partial charge >= 0.3 is 6.03 Å². The van der Waals surface area contributed by atoms with Gasteiger partial charge in [-0.2, -0.15) is 5.10 Å². The van der Waals surface area contributed by atoms with E-state index in [0.29, 0.717) is 70.5 Å². The summed E-state index contributed by atoms with van der Waals surface area (Å²) in [6, 6.07) is 15.1. The molecule has 5 amide bonds. The number of hydrogen-bond acceptors (Lipinski definition) is 9. The van der Waals surface area contributed by atoms with Crippen LogP contribution in [-0.2, 0) is 4.79 Å². The molecule has 2 N–H and O–H groups in total. The number of benzene rings is 2. The molecule has 1 saturated carbocycles. The molecule has 2 aromatic heterocycles. The van der Waals surface area contributed by atoms with Gasteiger partial charge in [0.15, 0.2) is 0 Å². The molecule has 4 aliphatic rings. The number of urea groups is 1. The number of halogens is 1. The molecule has 4 fully saturated rings. The number of hydrogen-bond donors (Lipinski definition) is 2. The molecule has 0 bridgehead atoms. The molecule has 5 heterocycles. The highest BCUT2D eigenvalue weighted by Gasteiger charge is 2.33. The summed E-state index contributed by atoms with van der Waals surface area (Å²) in [6.45, 7) is 6.74. The molecule has 2 aromatic carbocycles. The molecule has 0 radical (unpaired) electrons. The molecule has 3 saturated heterocycles. The van der Waals surface area contributed by atoms with E-state index < -0.39 is 6.03 Å². The minimum Gasteiger partial charge on any atom is -0.494 e. The summed E-state index contributed by atoms with van der Waals surface area (Å²) >= 11 is 6.42. The number of anilines is 2. The summed E-state index contributed by atoms with van der Waals surface area (Å²) in [5.41, 5.74) is 3.53. The minimum atomic E-state index is -0.521. The zero-order valence-corrected chi connectivity index (χ0v) is 34.9. The van der Waals surface area contributed by atoms with E-state index >= 15 is 0 Å². The van der Waals surface area contributed by atoms with Crippen LogP contribution in [0, 0.1) is 12.8 Å². The third-order valence-corrected chi connectivity index (χ3v) is 13.2. The summed E-state index contributed by atoms with van der Waals surface area (Å²) in [6.07, 6.45) is 11.0. The van der Waals surface area contributed by atoms with Gasteiger partial charge in [-0.3, -0.25) is 29.3 Å². The molecule has 8 rings (SSSR count). The van der Waals surface area contributed by atoms with Gasteiger partial charge in [0.1, 0.15) is 11.4 Å². The molecule has 14 nitrogen and oxygen atoms in total. The van der Waals surface area contributed by atoms with Crippen LogP contribution >= 0.6 is 11.6 Å². The molecule has 4 aromatic rings. The van der Waals surface area contributed by atoms with Crippen LogP contribution in [0.15, 0.2) is 54.7 Å². The average molecular weight is 824 g/mol. The first-order chi connectivity index (χ1) is 28.5. The van der Waals surface area contributed by atoms with Crippen LogP contribution < -0.4 is 20.3 Å². The van der Waals surface area contributed by atoms with Crippen molar-refractivity contribution in [2.24, 2.45) is 5.92 Å². The van der Waals surface area contributed by atoms with Crippen molar-refractivity contribution >= 4 is 57.6 Å². The highest BCUT2D eigenvalue weighted by molar-refractivity contribution is 6.34. The Kier molecular flexibility index (Phi) is 12.2. The number of carbonyl (C=O) groups excluding carboxylic acids is 4. The first-order valence-electron chi connectivity index (χ1n) is 21.0. The number of fused-ring (bicyclic) bond motifs is 1. The summed E-state index contributed by atoms with van der Waals surface area (Å²) in [5, 5.41) is 11.6. The van der Waals surface area contributed by atoms with Crippen molar-refractivity contribution in [2.75, 3.05) is 63.6 Å². The van der Waals surface area contributed by atoms with Gasteiger partial charge in [0, 0.05) is 73.6 Å². The number of methoxy groups -OCH3 is 1. The van der Waals surface area contributed by atoms with Crippen molar-refractivity contribution in [3.8, 4) is 5.75 Å². The van der Waals surface area contributed by atoms with Crippen LogP contribution in [0.5, 0.6) is 5.75 Å². The maximum absolute atomic E-state index is 13.5. The Morgan fingerprint density at radius 3 is 2.41 bits per heavy atom. The number of imide groups is 1. The molecule has 59 heavy (non-hydrogen) atoms. The van der Waals surface area contributed by atoms with Crippen molar-refractivity contribution in [1.82, 2.24) is 34.8 Å². The molecule has 0 atom stereocenters. The SMILES string of the molecule is COc1cc2nn([C@H]3CC[C@H](CN(C)C4CCN(C5CCN(C(=O)c6ccc(Cl)c(N7CCC(=O)NC7=O)c6)CC5)CC4)CC3)cc2cc1NC(=O)c1cccc(C)n1. The normalized spacial score (nSPS) is 21.2. The average Bonchev–Trinajstić information content (AvgIpc) is 3.67. The highest BCUT2D eigenvalue weighted by atomic mass is 35.5. The fourth-order valence-corrected chi connectivity index (χ4v) is 9.70. The number of ether oxygens (including phenoxy) is 1. The van der Waals surface area contributed by atoms with E-state index in [4.69, 9.17) is 21.4 Å². The van der Waals surface area contributed by atoms with E-state index in [1.165, 1.54) is 17.7 Å². The van der Waals surface area contributed by atoms with Crippen LogP contribution in [0.4, 0.5) is 16.2 Å². The second kappa shape index (κ2) is 17.7. The molecule has 0 spiro atoms. The predicted molar refractivity (Wildman–Crippen MR) is 227 cm³/mol. The molecule has 312 valence electrons. The van der Waals surface area contributed by atoms with Crippen molar-refractivity contribution in [2.45, 2.75) is 82.8 Å². The van der Waals surface area contributed by atoms with Crippen LogP contribution in [0.3, 0.4) is 0 Å². The zero-order chi connectivity index (χ0) is 41.2. The quantitative estimate of drug-likeness (QED) is 0.182. The Bertz CT molecular complexity index is 2210. The maximum Gasteiger partial charge on any atom is 0.328 e. The lowest BCUT2D eigenvalue weighted by molar-refractivity contribution is -0.120. The molecule has 1 aliphatic carbocycles. The number of nitrogens with zero attached hydrogens (tertiary/aromatic N) is 7. The van der Waals surface area contributed by atoms with Crippen LogP contribution in [-0.4, -0.2) is 119 Å². The lowest BCUT2D eigenvalue weighted by Gasteiger charge is -2.44. The zero-order valence-electron chi connectivity index (χ0n) is 34.2. The van der Waals surface area contributed by atoms with Gasteiger partial charge in [-0.1, -0.05) is 17.7 Å². The Hall–Kier alpha value is -5.05. The smallest absolute Gasteiger partial charge is 0.328 e. The summed E-state index contributed by atoms with van der Waals surface area (Å²) in [7, 11) is 3.90. The third-order valence-electron chi connectivity index (χ3n) is 12.9. The number of piperidine rings is 2. The van der Waals surface area contributed by atoms with Gasteiger partial charge in [-0.05, 0) is 121 Å². The van der Waals surface area contributed by atoms with Gasteiger partial charge in [-0.15, -0.1) is 0 Å². The summed E-state index contributed by atoms with van der Waals surface area (Å²) in [5.74, 6) is 0.578. The van der Waals surface area contributed by atoms with Crippen molar-refractivity contribution < 1.29 is 23.9 Å². The van der Waals surface area contributed by atoms with Crippen molar-refractivity contribution in [3.05, 3.63) is 76.7 Å². The van der Waals surface area contributed by atoms with Crippen LogP contribution in [0.25, 0.3) is 10.9 Å². The Balaban J connectivity index is 0.779. The maximum atomic E-state index is 13.5. The molecular formula is C44H54ClN9O5. The highest BCUT2D eigenvalue weighted by Crippen LogP contribution is 2.36. The fourth-order valence-electron chi connectivity index (χ4n) is 9.48. The number of likely N-dealkylation sites (tertiary alicyclic amines) is 2. The van der Waals surface area contributed by atoms with Gasteiger partial charge in [-0.25, -0.2) is 9.78 Å². The van der Waals surface area contributed by atoms with E-state index in [9.17, 15) is 19.2 Å². The number of aromatic nitrogens is 3. The van der Waals surface area contributed by atoms with E-state index in [1.54, 1.807) is 31.4 Å². The van der Waals surface area contributed by atoms with E-state index in [-0.39, 0.29) is 30.7 Å². The minimum absolute atomic E-state index is 0.0591. The molecule has 15 heteroatoms. The Morgan fingerprint density at radius 2 is 1.69 bits per heavy atom. The van der Waals surface area contributed by atoms with Gasteiger partial charge in [0.25, 0.3) is 11.8 Å². The topological polar surface area (TPSA) is 145 Å². The Labute approximate surface area is 350 Å². The molecule has 3 aliphatic heterocycles. The summed E-state index contributed by atoms with van der Waals surface area (Å²) in [4.78, 5) is 63.5. The number of aryl methyl sites for hydroxylation is 1. The van der Waals surface area contributed by atoms with E-state index in [0.717, 1.165) is 74.8 Å². The lowest BCUT2D eigenvalue weighted by Crippen LogP contribution is -2.51. The first-order valence-corrected chi connectivity index (χ1v) is 21.4. The number of rotatable bonds is 10. The van der Waals surface area contributed by atoms with E-state index in [2.05, 4.69) is 43.3 Å². The van der Waals surface area contributed by atoms with Gasteiger partial charge in [0.05, 0.1) is 35.1 Å². The number of nitrogens with one attached hydrogen (secondary N) is 2. The third kappa shape index (κ3) is 9.09. The monoisotopic (exact) mass is 823 g/mol. The first kappa shape index (κ1) is 40.7. The van der Waals surface area contributed by atoms with Crippen molar-refractivity contribution in [1.29, 1.82) is 0 Å². The number of amides is 5. The predicted octanol–water partition coefficient (Wildman–Crippen LogP) is 6.53. The summed E-state index contributed by atoms with van der Waals surface area (Å²) < 4.78 is 7.75. The Morgan fingerprint density at radius 1 is 0.932 bits per heavy atom. The number of carbonyl (C=O) groups is 4. The van der Waals surface area contributed by atoms with Crippen LogP contribution in [0.2, 0.25) is 5.02 Å². The number of pyridine rings is 1. The second-order valence-electron chi connectivity index (χ2n) is 16.7. The van der Waals surface area contributed by atoms with Gasteiger partial charge in [0.2, 0.25) is 5.91 Å².